The van der Waals surface area contributed by atoms with E-state index in [1.54, 1.807) is 11.0 Å². The van der Waals surface area contributed by atoms with Crippen LogP contribution in [0.1, 0.15) is 5.56 Å². The van der Waals surface area contributed by atoms with Crippen LogP contribution < -0.4 is 16.3 Å². The Hall–Kier alpha value is -3.81. The number of hydrogen-bond acceptors (Lipinski definition) is 6. The molecule has 0 spiro atoms. The number of fused-ring (bicyclic) bond motifs is 2. The van der Waals surface area contributed by atoms with E-state index in [0.29, 0.717) is 41.5 Å². The molecule has 0 saturated carbocycles. The molecule has 0 amide bonds. The lowest BCUT2D eigenvalue weighted by Crippen LogP contribution is -2.35. The highest BCUT2D eigenvalue weighted by Gasteiger charge is 2.34. The van der Waals surface area contributed by atoms with Crippen molar-refractivity contribution in [2.24, 2.45) is 5.92 Å². The Balaban J connectivity index is 1.78. The third-order valence-corrected chi connectivity index (χ3v) is 6.78. The molecule has 0 radical (unpaired) electrons. The zero-order valence-corrected chi connectivity index (χ0v) is 18.9. The quantitative estimate of drug-likeness (QED) is 0.219. The molecular formula is C24H18ClF2N6O2+. The fourth-order valence-electron chi connectivity index (χ4n) is 4.69. The summed E-state index contributed by atoms with van der Waals surface area (Å²) in [7, 11) is 0. The molecule has 5 heterocycles. The van der Waals surface area contributed by atoms with Crippen LogP contribution in [-0.2, 0) is 4.74 Å². The number of aromatic amines is 1. The number of alkyl halides is 1. The zero-order valence-electron chi connectivity index (χ0n) is 18.2. The van der Waals surface area contributed by atoms with Gasteiger partial charge in [0.05, 0.1) is 30.0 Å². The van der Waals surface area contributed by atoms with Gasteiger partial charge in [0, 0.05) is 35.9 Å². The normalized spacial score (nSPS) is 19.5. The predicted molar refractivity (Wildman–Crippen MR) is 130 cm³/mol. The second-order valence-corrected chi connectivity index (χ2v) is 9.01. The largest absolute Gasteiger partial charge is 0.399 e. The van der Waals surface area contributed by atoms with Gasteiger partial charge in [-0.3, -0.25) is 4.98 Å². The van der Waals surface area contributed by atoms with E-state index in [-0.39, 0.29) is 40.7 Å². The number of benzene rings is 2. The second-order valence-electron chi connectivity index (χ2n) is 8.56. The van der Waals surface area contributed by atoms with Crippen molar-refractivity contribution in [3.8, 4) is 17.3 Å². The van der Waals surface area contributed by atoms with Crippen LogP contribution in [-0.4, -0.2) is 46.8 Å². The summed E-state index contributed by atoms with van der Waals surface area (Å²) in [4.78, 5) is 29.6. The number of aromatic nitrogens is 3. The van der Waals surface area contributed by atoms with Crippen LogP contribution in [0.2, 0.25) is 0 Å². The third-order valence-electron chi connectivity index (χ3n) is 6.32. The summed E-state index contributed by atoms with van der Waals surface area (Å²) in [5.74, 6) is -1.45. The smallest absolute Gasteiger partial charge is 0.352 e. The summed E-state index contributed by atoms with van der Waals surface area (Å²) < 4.78 is 36.8. The Morgan fingerprint density at radius 1 is 1.31 bits per heavy atom. The number of nitrogens with zero attached hydrogens (tertiary/aromatic N) is 4. The van der Waals surface area contributed by atoms with Gasteiger partial charge in [-0.25, -0.2) is 13.6 Å². The van der Waals surface area contributed by atoms with E-state index in [4.69, 9.17) is 22.1 Å². The highest BCUT2D eigenvalue weighted by Crippen LogP contribution is 2.37. The number of pyridine rings is 1. The molecule has 1 fully saturated rings. The summed E-state index contributed by atoms with van der Waals surface area (Å²) in [5, 5.41) is 1.20. The van der Waals surface area contributed by atoms with Crippen LogP contribution in [0.15, 0.2) is 35.3 Å². The number of nitrogens with two attached hydrogens (primary N) is 1. The predicted octanol–water partition coefficient (Wildman–Crippen LogP) is 3.71. The van der Waals surface area contributed by atoms with Gasteiger partial charge in [0.2, 0.25) is 0 Å². The molecule has 3 N–H and O–H groups in total. The molecule has 11 heteroatoms. The van der Waals surface area contributed by atoms with Crippen molar-refractivity contribution in [3.05, 3.63) is 63.0 Å². The van der Waals surface area contributed by atoms with E-state index in [1.165, 1.54) is 24.4 Å². The molecule has 3 aliphatic heterocycles. The van der Waals surface area contributed by atoms with E-state index in [2.05, 4.69) is 25.9 Å². The van der Waals surface area contributed by atoms with Gasteiger partial charge in [0.15, 0.2) is 5.82 Å². The van der Waals surface area contributed by atoms with Gasteiger partial charge in [0.25, 0.3) is 0 Å². The van der Waals surface area contributed by atoms with Crippen molar-refractivity contribution >= 4 is 44.8 Å². The maximum atomic E-state index is 16.0. The van der Waals surface area contributed by atoms with Crippen LogP contribution >= 0.6 is 11.6 Å². The van der Waals surface area contributed by atoms with Gasteiger partial charge in [-0.2, -0.15) is 4.98 Å². The number of hydrogen-bond donors (Lipinski definition) is 2. The van der Waals surface area contributed by atoms with Crippen molar-refractivity contribution in [1.29, 1.82) is 0 Å². The van der Waals surface area contributed by atoms with Gasteiger partial charge < -0.3 is 20.4 Å². The second kappa shape index (κ2) is 8.15. The maximum absolute atomic E-state index is 16.0. The van der Waals surface area contributed by atoms with E-state index in [1.807, 2.05) is 0 Å². The van der Waals surface area contributed by atoms with Crippen LogP contribution in [0.25, 0.3) is 37.8 Å². The zero-order chi connectivity index (χ0) is 24.3. The number of ether oxygens (including phenoxy) is 1. The minimum atomic E-state index is -0.807. The molecule has 2 aromatic carbocycles. The van der Waals surface area contributed by atoms with Gasteiger partial charge in [-0.15, -0.1) is 0 Å². The monoisotopic (exact) mass is 495 g/mol. The molecule has 8 nitrogen and oxygen atoms in total. The summed E-state index contributed by atoms with van der Waals surface area (Å²) in [5.41, 5.74) is 4.99. The third kappa shape index (κ3) is 3.55. The number of halogens is 3. The van der Waals surface area contributed by atoms with Crippen LogP contribution in [0.4, 0.5) is 20.3 Å². The lowest BCUT2D eigenvalue weighted by atomic mass is 9.95. The SMILES string of the molecule is Nc1cc2c3c(c(F)ccc3c1)C#[N+][C@H](Cl)[C@@H]1COCCN(C1)c1nc(=O)[nH]c3c(F)c-2ncc13. The van der Waals surface area contributed by atoms with Crippen molar-refractivity contribution < 1.29 is 13.5 Å². The fraction of sp³-hybridized carbons (Fsp3) is 0.250. The number of H-pyrrole nitrogens is 1. The van der Waals surface area contributed by atoms with Crippen LogP contribution in [0.5, 0.6) is 0 Å². The Labute approximate surface area is 202 Å². The first-order valence-electron chi connectivity index (χ1n) is 10.9. The molecule has 176 valence electrons. The van der Waals surface area contributed by atoms with Gasteiger partial charge in [-0.1, -0.05) is 10.9 Å². The summed E-state index contributed by atoms with van der Waals surface area (Å²) in [6, 6.07) is 8.72. The van der Waals surface area contributed by atoms with Gasteiger partial charge in [-0.05, 0) is 35.2 Å². The number of nitrogen functional groups attached to an aromatic ring is 1. The first-order chi connectivity index (χ1) is 16.9. The number of anilines is 2. The molecule has 0 unspecified atom stereocenters. The Bertz CT molecular complexity index is 1650. The summed E-state index contributed by atoms with van der Waals surface area (Å²) in [6.45, 7) is 1.35. The molecule has 0 aliphatic carbocycles. The van der Waals surface area contributed by atoms with E-state index < -0.39 is 22.8 Å². The Morgan fingerprint density at radius 3 is 3.03 bits per heavy atom. The molecule has 6 bridgehead atoms. The maximum Gasteiger partial charge on any atom is 0.352 e. The van der Waals surface area contributed by atoms with Crippen molar-refractivity contribution in [3.63, 3.8) is 0 Å². The topological polar surface area (TPSA) is 101 Å². The van der Waals surface area contributed by atoms with Crippen molar-refractivity contribution in [2.75, 3.05) is 36.9 Å². The first kappa shape index (κ1) is 21.7. The van der Waals surface area contributed by atoms with E-state index >= 15 is 8.78 Å². The Morgan fingerprint density at radius 2 is 2.17 bits per heavy atom. The van der Waals surface area contributed by atoms with Crippen molar-refractivity contribution in [1.82, 2.24) is 15.0 Å². The molecule has 4 aromatic rings. The van der Waals surface area contributed by atoms with Gasteiger partial charge >= 0.3 is 17.3 Å². The molecule has 1 saturated heterocycles. The molecule has 7 rings (SSSR count). The average Bonchev–Trinajstić information content (AvgIpc) is 3.09. The molecule has 2 aromatic heterocycles. The van der Waals surface area contributed by atoms with Crippen LogP contribution in [0, 0.1) is 23.6 Å². The molecule has 3 aliphatic rings. The molecule has 2 atom stereocenters. The first-order valence-corrected chi connectivity index (χ1v) is 11.4. The minimum Gasteiger partial charge on any atom is -0.399 e. The Kier molecular flexibility index (Phi) is 5.05. The fourth-order valence-corrected chi connectivity index (χ4v) is 4.89. The summed E-state index contributed by atoms with van der Waals surface area (Å²) in [6.07, 6.45) is 1.45. The van der Waals surface area contributed by atoms with Gasteiger partial charge in [0.1, 0.15) is 22.9 Å². The lowest BCUT2D eigenvalue weighted by Gasteiger charge is -2.24. The highest BCUT2D eigenvalue weighted by molar-refractivity contribution is 6.21. The average molecular weight is 496 g/mol. The standard InChI is InChI=1S/C24H17ClF2N6O2/c25-22-12-9-33(3-4-35-10-12)23-16-8-29-20(19(27)21(16)31-24(34)32-23)14-6-13(28)5-11-1-2-17(26)15(7-30-22)18(11)14/h1-2,5-6,8,12,22H,3-4,9-10,28H2/p+1/t12-,22-/m0/s1. The van der Waals surface area contributed by atoms with E-state index in [0.717, 1.165) is 0 Å². The lowest BCUT2D eigenvalue weighted by molar-refractivity contribution is 0.125. The summed E-state index contributed by atoms with van der Waals surface area (Å²) >= 11 is 6.62. The van der Waals surface area contributed by atoms with Crippen LogP contribution in [0.3, 0.4) is 0 Å². The highest BCUT2D eigenvalue weighted by atomic mass is 35.5. The number of nitrogens with one attached hydrogen (secondary N) is 1. The molecular weight excluding hydrogens is 478 g/mol. The molecule has 35 heavy (non-hydrogen) atoms. The number of rotatable bonds is 0. The van der Waals surface area contributed by atoms with E-state index in [9.17, 15) is 4.79 Å². The minimum absolute atomic E-state index is 0.0109. The van der Waals surface area contributed by atoms with Crippen molar-refractivity contribution in [2.45, 2.75) is 5.50 Å².